The van der Waals surface area contributed by atoms with E-state index in [1.807, 2.05) is 12.1 Å². The highest BCUT2D eigenvalue weighted by atomic mass is 19.1. The van der Waals surface area contributed by atoms with E-state index >= 15 is 0 Å². The maximum absolute atomic E-state index is 14.7. The van der Waals surface area contributed by atoms with Gasteiger partial charge in [-0.15, -0.1) is 0 Å². The zero-order valence-corrected chi connectivity index (χ0v) is 16.1. The number of nitrogens with zero attached hydrogens (tertiary/aromatic N) is 1. The predicted octanol–water partition coefficient (Wildman–Crippen LogP) is 0.836. The molecule has 0 aliphatic carbocycles. The lowest BCUT2D eigenvalue weighted by Gasteiger charge is -2.40. The molecular formula is C22H24FNO6. The Morgan fingerprint density at radius 1 is 0.900 bits per heavy atom. The van der Waals surface area contributed by atoms with Crippen LogP contribution in [0.5, 0.6) is 0 Å². The quantitative estimate of drug-likeness (QED) is 0.420. The van der Waals surface area contributed by atoms with Gasteiger partial charge in [0.25, 0.3) is 0 Å². The molecule has 0 unspecified atom stereocenters. The number of aliphatic hydroxyl groups is 5. The monoisotopic (exact) mass is 417 g/mol. The number of aliphatic hydroxyl groups excluding tert-OH is 5. The summed E-state index contributed by atoms with van der Waals surface area (Å²) in [4.78, 5) is 0. The Labute approximate surface area is 172 Å². The van der Waals surface area contributed by atoms with Crippen molar-refractivity contribution in [3.63, 3.8) is 0 Å². The maximum Gasteiger partial charge on any atom is 0.163 e. The number of hydrogen-bond acceptors (Lipinski definition) is 6. The van der Waals surface area contributed by atoms with Crippen LogP contribution in [-0.4, -0.2) is 61.1 Å². The van der Waals surface area contributed by atoms with Crippen LogP contribution in [0, 0.1) is 5.82 Å². The summed E-state index contributed by atoms with van der Waals surface area (Å²) in [7, 11) is 0. The molecule has 160 valence electrons. The molecule has 2 heterocycles. The maximum atomic E-state index is 14.7. The summed E-state index contributed by atoms with van der Waals surface area (Å²) in [5.41, 5.74) is 2.79. The van der Waals surface area contributed by atoms with E-state index in [2.05, 4.69) is 0 Å². The molecule has 0 bridgehead atoms. The molecule has 30 heavy (non-hydrogen) atoms. The smallest absolute Gasteiger partial charge is 0.163 e. The molecule has 0 radical (unpaired) electrons. The van der Waals surface area contributed by atoms with Crippen LogP contribution in [0.2, 0.25) is 0 Å². The minimum Gasteiger partial charge on any atom is -0.394 e. The van der Waals surface area contributed by atoms with E-state index in [9.17, 15) is 29.9 Å². The number of rotatable bonds is 5. The lowest BCUT2D eigenvalue weighted by molar-refractivity contribution is -0.250. The van der Waals surface area contributed by atoms with Crippen LogP contribution in [0.3, 0.4) is 0 Å². The van der Waals surface area contributed by atoms with Crippen molar-refractivity contribution in [2.75, 3.05) is 6.61 Å². The van der Waals surface area contributed by atoms with Crippen molar-refractivity contribution in [2.45, 2.75) is 43.7 Å². The lowest BCUT2D eigenvalue weighted by Crippen LogP contribution is -2.56. The van der Waals surface area contributed by atoms with Gasteiger partial charge >= 0.3 is 0 Å². The summed E-state index contributed by atoms with van der Waals surface area (Å²) in [5, 5.41) is 49.7. The minimum atomic E-state index is -1.53. The minimum absolute atomic E-state index is 0.0642. The third kappa shape index (κ3) is 3.62. The SMILES string of the molecule is OCc1ccc(Cc2cn([C@@H]3O[C@H](CO)[C@@H](O)[C@H](O)[C@H]3O)c3cccc(F)c23)cc1. The average molecular weight is 417 g/mol. The van der Waals surface area contributed by atoms with E-state index in [0.717, 1.165) is 11.1 Å². The number of hydrogen-bond donors (Lipinski definition) is 5. The second-order valence-electron chi connectivity index (χ2n) is 7.57. The van der Waals surface area contributed by atoms with Crippen molar-refractivity contribution in [2.24, 2.45) is 0 Å². The van der Waals surface area contributed by atoms with Gasteiger partial charge in [-0.25, -0.2) is 4.39 Å². The molecule has 4 rings (SSSR count). The van der Waals surface area contributed by atoms with Crippen molar-refractivity contribution >= 4 is 10.9 Å². The number of halogens is 1. The van der Waals surface area contributed by atoms with Crippen LogP contribution in [0.4, 0.5) is 4.39 Å². The third-order valence-corrected chi connectivity index (χ3v) is 5.63. The second kappa shape index (κ2) is 8.43. The van der Waals surface area contributed by atoms with Crippen molar-refractivity contribution in [3.05, 3.63) is 71.2 Å². The first-order chi connectivity index (χ1) is 14.4. The van der Waals surface area contributed by atoms with Gasteiger partial charge in [-0.2, -0.15) is 0 Å². The normalized spacial score (nSPS) is 26.9. The summed E-state index contributed by atoms with van der Waals surface area (Å²) >= 11 is 0. The summed E-state index contributed by atoms with van der Waals surface area (Å²) in [6, 6.07) is 11.9. The van der Waals surface area contributed by atoms with Crippen molar-refractivity contribution in [1.29, 1.82) is 0 Å². The Morgan fingerprint density at radius 2 is 1.60 bits per heavy atom. The fourth-order valence-electron chi connectivity index (χ4n) is 3.99. The Hall–Kier alpha value is -2.33. The second-order valence-corrected chi connectivity index (χ2v) is 7.57. The summed E-state index contributed by atoms with van der Waals surface area (Å²) in [6.45, 7) is -0.607. The Bertz CT molecular complexity index is 1020. The molecule has 1 fully saturated rings. The van der Waals surface area contributed by atoms with E-state index in [1.165, 1.54) is 16.7 Å². The van der Waals surface area contributed by atoms with Crippen LogP contribution < -0.4 is 0 Å². The number of fused-ring (bicyclic) bond motifs is 1. The van der Waals surface area contributed by atoms with Crippen LogP contribution in [0.25, 0.3) is 10.9 Å². The highest BCUT2D eigenvalue weighted by Gasteiger charge is 2.44. The van der Waals surface area contributed by atoms with Crippen molar-refractivity contribution in [1.82, 2.24) is 4.57 Å². The fourth-order valence-corrected chi connectivity index (χ4v) is 3.99. The van der Waals surface area contributed by atoms with Crippen molar-refractivity contribution in [3.8, 4) is 0 Å². The summed E-state index contributed by atoms with van der Waals surface area (Å²) in [6.07, 6.45) is -4.60. The number of benzene rings is 2. The molecule has 8 heteroatoms. The summed E-state index contributed by atoms with van der Waals surface area (Å²) < 4.78 is 21.9. The molecule has 2 aromatic carbocycles. The molecule has 1 aliphatic heterocycles. The van der Waals surface area contributed by atoms with E-state index in [4.69, 9.17) is 4.74 Å². The topological polar surface area (TPSA) is 115 Å². The number of aromatic nitrogens is 1. The molecule has 0 saturated carbocycles. The highest BCUT2D eigenvalue weighted by Crippen LogP contribution is 2.34. The van der Waals surface area contributed by atoms with E-state index in [0.29, 0.717) is 22.9 Å². The van der Waals surface area contributed by atoms with Gasteiger partial charge in [-0.05, 0) is 35.2 Å². The molecular weight excluding hydrogens is 393 g/mol. The molecule has 0 spiro atoms. The first-order valence-corrected chi connectivity index (χ1v) is 9.71. The van der Waals surface area contributed by atoms with Gasteiger partial charge in [0.2, 0.25) is 0 Å². The number of ether oxygens (including phenoxy) is 1. The van der Waals surface area contributed by atoms with Gasteiger partial charge in [-0.1, -0.05) is 30.3 Å². The van der Waals surface area contributed by atoms with Gasteiger partial charge in [0.05, 0.1) is 18.7 Å². The van der Waals surface area contributed by atoms with E-state index in [-0.39, 0.29) is 6.61 Å². The van der Waals surface area contributed by atoms with Crippen LogP contribution in [0.15, 0.2) is 48.7 Å². The molecule has 1 aromatic heterocycles. The molecule has 5 N–H and O–H groups in total. The van der Waals surface area contributed by atoms with Gasteiger partial charge in [-0.3, -0.25) is 0 Å². The molecule has 7 nitrogen and oxygen atoms in total. The fraction of sp³-hybridized carbons (Fsp3) is 0.364. The zero-order valence-electron chi connectivity index (χ0n) is 16.1. The molecule has 1 aliphatic rings. The van der Waals surface area contributed by atoms with Crippen LogP contribution >= 0.6 is 0 Å². The summed E-state index contributed by atoms with van der Waals surface area (Å²) in [5.74, 6) is -0.433. The van der Waals surface area contributed by atoms with Crippen molar-refractivity contribution < 1.29 is 34.7 Å². The molecule has 5 atom stereocenters. The molecule has 3 aromatic rings. The zero-order chi connectivity index (χ0) is 21.4. The first-order valence-electron chi connectivity index (χ1n) is 9.71. The van der Waals surface area contributed by atoms with Gasteiger partial charge in [0.1, 0.15) is 30.2 Å². The van der Waals surface area contributed by atoms with Gasteiger partial charge in [0.15, 0.2) is 6.23 Å². The first kappa shape index (κ1) is 20.9. The Morgan fingerprint density at radius 3 is 2.27 bits per heavy atom. The molecule has 0 amide bonds. The lowest BCUT2D eigenvalue weighted by atomic mass is 9.98. The predicted molar refractivity (Wildman–Crippen MR) is 106 cm³/mol. The standard InChI is InChI=1S/C22H24FNO6/c23-15-2-1-3-16-18(15)14(8-12-4-6-13(10-25)7-5-12)9-24(16)22-21(29)20(28)19(27)17(11-26)30-22/h1-7,9,17,19-22,25-29H,8,10-11H2/t17-,19-,20+,21-,22-/m1/s1. The van der Waals surface area contributed by atoms with Crippen LogP contribution in [-0.2, 0) is 17.8 Å². The highest BCUT2D eigenvalue weighted by molar-refractivity contribution is 5.85. The largest absolute Gasteiger partial charge is 0.394 e. The average Bonchev–Trinajstić information content (AvgIpc) is 3.12. The third-order valence-electron chi connectivity index (χ3n) is 5.63. The van der Waals surface area contributed by atoms with Gasteiger partial charge < -0.3 is 34.8 Å². The van der Waals surface area contributed by atoms with Gasteiger partial charge in [0, 0.05) is 11.6 Å². The van der Waals surface area contributed by atoms with Crippen LogP contribution in [0.1, 0.15) is 22.9 Å². The molecule has 1 saturated heterocycles. The Kier molecular flexibility index (Phi) is 5.88. The Balaban J connectivity index is 1.76. The van der Waals surface area contributed by atoms with E-state index in [1.54, 1.807) is 24.4 Å². The van der Waals surface area contributed by atoms with E-state index < -0.39 is 43.1 Å².